The van der Waals surface area contributed by atoms with Gasteiger partial charge in [-0.05, 0) is 23.1 Å². The van der Waals surface area contributed by atoms with Crippen LogP contribution < -0.4 is 0 Å². The van der Waals surface area contributed by atoms with Crippen molar-refractivity contribution in [1.82, 2.24) is 20.2 Å². The average Bonchev–Trinajstić information content (AvgIpc) is 2.75. The molecule has 1 N–H and O–H groups in total. The van der Waals surface area contributed by atoms with Gasteiger partial charge in [-0.2, -0.15) is 4.80 Å². The van der Waals surface area contributed by atoms with E-state index in [-0.39, 0.29) is 0 Å². The van der Waals surface area contributed by atoms with Gasteiger partial charge in [-0.3, -0.25) is 0 Å². The Hall–Kier alpha value is -1.75. The molecule has 0 saturated carbocycles. The summed E-state index contributed by atoms with van der Waals surface area (Å²) in [5.41, 5.74) is 1.24. The molecular formula is C13H18N4O. The minimum Gasteiger partial charge on any atom is -0.393 e. The molecule has 2 rings (SSSR count). The molecule has 1 heterocycles. The molecule has 0 fully saturated rings. The molecule has 1 aromatic heterocycles. The molecule has 0 spiro atoms. The Balaban J connectivity index is 1.89. The van der Waals surface area contributed by atoms with Gasteiger partial charge in [-0.1, -0.05) is 37.3 Å². The average molecular weight is 246 g/mol. The van der Waals surface area contributed by atoms with Gasteiger partial charge in [-0.25, -0.2) is 0 Å². The summed E-state index contributed by atoms with van der Waals surface area (Å²) in [5, 5.41) is 21.7. The highest BCUT2D eigenvalue weighted by Gasteiger charge is 2.14. The minimum atomic E-state index is -0.440. The summed E-state index contributed by atoms with van der Waals surface area (Å²) in [7, 11) is 1.72. The van der Waals surface area contributed by atoms with Crippen molar-refractivity contribution in [2.24, 2.45) is 7.05 Å². The molecule has 0 aliphatic rings. The van der Waals surface area contributed by atoms with Crippen LogP contribution in [0, 0.1) is 0 Å². The lowest BCUT2D eigenvalue weighted by molar-refractivity contribution is 0.155. The number of aliphatic hydroxyl groups excluding tert-OH is 1. The molecule has 0 bridgehead atoms. The van der Waals surface area contributed by atoms with E-state index in [1.165, 1.54) is 10.4 Å². The maximum atomic E-state index is 10.0. The van der Waals surface area contributed by atoms with Gasteiger partial charge in [0.2, 0.25) is 0 Å². The minimum absolute atomic E-state index is 0.317. The van der Waals surface area contributed by atoms with E-state index in [4.69, 9.17) is 0 Å². The summed E-state index contributed by atoms with van der Waals surface area (Å²) < 4.78 is 0. The second-order valence-electron chi connectivity index (χ2n) is 4.60. The van der Waals surface area contributed by atoms with Gasteiger partial charge >= 0.3 is 0 Å². The number of hydrogen-bond donors (Lipinski definition) is 1. The Morgan fingerprint density at radius 3 is 2.61 bits per heavy atom. The van der Waals surface area contributed by atoms with Crippen LogP contribution in [0.3, 0.4) is 0 Å². The molecule has 0 radical (unpaired) electrons. The summed E-state index contributed by atoms with van der Waals surface area (Å²) in [6, 6.07) is 10.2. The van der Waals surface area contributed by atoms with Crippen LogP contribution >= 0.6 is 0 Å². The van der Waals surface area contributed by atoms with Crippen LogP contribution in [0.4, 0.5) is 0 Å². The van der Waals surface area contributed by atoms with Crippen molar-refractivity contribution >= 4 is 0 Å². The van der Waals surface area contributed by atoms with Crippen molar-refractivity contribution in [2.45, 2.75) is 31.8 Å². The first-order valence-electron chi connectivity index (χ1n) is 6.11. The maximum absolute atomic E-state index is 10.0. The molecule has 2 aromatic rings. The van der Waals surface area contributed by atoms with Crippen LogP contribution in [0.2, 0.25) is 0 Å². The molecule has 1 aromatic carbocycles. The zero-order chi connectivity index (χ0) is 13.0. The summed E-state index contributed by atoms with van der Waals surface area (Å²) >= 11 is 0. The summed E-state index contributed by atoms with van der Waals surface area (Å²) in [6.45, 7) is 2.11. The van der Waals surface area contributed by atoms with E-state index in [1.807, 2.05) is 18.2 Å². The summed E-state index contributed by atoms with van der Waals surface area (Å²) in [4.78, 5) is 1.41. The van der Waals surface area contributed by atoms with Gasteiger partial charge in [0.1, 0.15) is 0 Å². The number of aromatic nitrogens is 4. The van der Waals surface area contributed by atoms with Crippen LogP contribution in [0.5, 0.6) is 0 Å². The summed E-state index contributed by atoms with van der Waals surface area (Å²) in [5.74, 6) is 0.906. The first-order chi connectivity index (χ1) is 8.65. The number of nitrogens with zero attached hydrogens (tertiary/aromatic N) is 4. The zero-order valence-electron chi connectivity index (χ0n) is 10.7. The van der Waals surface area contributed by atoms with E-state index in [0.29, 0.717) is 24.6 Å². The molecule has 18 heavy (non-hydrogen) atoms. The fourth-order valence-electron chi connectivity index (χ4n) is 2.02. The van der Waals surface area contributed by atoms with E-state index >= 15 is 0 Å². The van der Waals surface area contributed by atoms with Gasteiger partial charge in [0.05, 0.1) is 13.2 Å². The summed E-state index contributed by atoms with van der Waals surface area (Å²) in [6.07, 6.45) is 0.706. The van der Waals surface area contributed by atoms with Gasteiger partial charge in [0, 0.05) is 6.42 Å². The van der Waals surface area contributed by atoms with Crippen molar-refractivity contribution in [3.05, 3.63) is 41.7 Å². The standard InChI is InChI=1S/C13H18N4O/c1-10(11-6-4-3-5-7-11)8-12(18)9-13-14-16-17(2)15-13/h3-7,10,12,18H,8-9H2,1-2H3. The molecule has 0 saturated heterocycles. The van der Waals surface area contributed by atoms with E-state index in [9.17, 15) is 5.11 Å². The van der Waals surface area contributed by atoms with Gasteiger partial charge < -0.3 is 5.11 Å². The third-order valence-electron chi connectivity index (χ3n) is 2.96. The molecular weight excluding hydrogens is 228 g/mol. The Labute approximate surface area is 106 Å². The highest BCUT2D eigenvalue weighted by Crippen LogP contribution is 2.21. The van der Waals surface area contributed by atoms with Crippen molar-refractivity contribution < 1.29 is 5.11 Å². The highest BCUT2D eigenvalue weighted by molar-refractivity contribution is 5.18. The molecule has 2 unspecified atom stereocenters. The second-order valence-corrected chi connectivity index (χ2v) is 4.60. The fourth-order valence-corrected chi connectivity index (χ4v) is 2.02. The number of tetrazole rings is 1. The van der Waals surface area contributed by atoms with Crippen molar-refractivity contribution in [3.63, 3.8) is 0 Å². The first kappa shape index (κ1) is 12.7. The van der Waals surface area contributed by atoms with Gasteiger partial charge in [-0.15, -0.1) is 10.2 Å². The molecule has 0 aliphatic heterocycles. The number of benzene rings is 1. The van der Waals surface area contributed by atoms with Crippen LogP contribution in [0.1, 0.15) is 30.7 Å². The lowest BCUT2D eigenvalue weighted by atomic mass is 9.94. The number of aliphatic hydroxyl groups is 1. The second kappa shape index (κ2) is 5.73. The topological polar surface area (TPSA) is 63.8 Å². The SMILES string of the molecule is CC(CC(O)Cc1nnn(C)n1)c1ccccc1. The van der Waals surface area contributed by atoms with E-state index < -0.39 is 6.10 Å². The van der Waals surface area contributed by atoms with Gasteiger partial charge in [0.25, 0.3) is 0 Å². The Bertz CT molecular complexity index is 483. The molecule has 0 amide bonds. The largest absolute Gasteiger partial charge is 0.393 e. The van der Waals surface area contributed by atoms with Crippen molar-refractivity contribution in [1.29, 1.82) is 0 Å². The predicted octanol–water partition coefficient (Wildman–Crippen LogP) is 1.31. The Morgan fingerprint density at radius 2 is 2.00 bits per heavy atom. The van der Waals surface area contributed by atoms with Crippen molar-refractivity contribution in [3.8, 4) is 0 Å². The number of aryl methyl sites for hydroxylation is 1. The lowest BCUT2D eigenvalue weighted by Gasteiger charge is -2.15. The van der Waals surface area contributed by atoms with Crippen LogP contribution in [-0.2, 0) is 13.5 Å². The molecule has 2 atom stereocenters. The monoisotopic (exact) mass is 246 g/mol. The normalized spacial score (nSPS) is 14.4. The zero-order valence-corrected chi connectivity index (χ0v) is 10.7. The smallest absolute Gasteiger partial charge is 0.177 e. The lowest BCUT2D eigenvalue weighted by Crippen LogP contribution is -2.15. The molecule has 5 heteroatoms. The molecule has 96 valence electrons. The first-order valence-corrected chi connectivity index (χ1v) is 6.11. The van der Waals surface area contributed by atoms with Crippen LogP contribution in [-0.4, -0.2) is 31.4 Å². The third-order valence-corrected chi connectivity index (χ3v) is 2.96. The van der Waals surface area contributed by atoms with E-state index in [2.05, 4.69) is 34.5 Å². The highest BCUT2D eigenvalue weighted by atomic mass is 16.3. The van der Waals surface area contributed by atoms with E-state index in [0.717, 1.165) is 0 Å². The molecule has 0 aliphatic carbocycles. The van der Waals surface area contributed by atoms with Crippen LogP contribution in [0.25, 0.3) is 0 Å². The Kier molecular flexibility index (Phi) is 4.04. The Morgan fingerprint density at radius 1 is 1.28 bits per heavy atom. The predicted molar refractivity (Wildman–Crippen MR) is 68.0 cm³/mol. The fraction of sp³-hybridized carbons (Fsp3) is 0.462. The third kappa shape index (κ3) is 3.37. The number of rotatable bonds is 5. The van der Waals surface area contributed by atoms with Gasteiger partial charge in [0.15, 0.2) is 5.82 Å². The maximum Gasteiger partial charge on any atom is 0.177 e. The van der Waals surface area contributed by atoms with E-state index in [1.54, 1.807) is 7.05 Å². The quantitative estimate of drug-likeness (QED) is 0.864. The van der Waals surface area contributed by atoms with Crippen LogP contribution in [0.15, 0.2) is 30.3 Å². The van der Waals surface area contributed by atoms with Crippen molar-refractivity contribution in [2.75, 3.05) is 0 Å². The molecule has 5 nitrogen and oxygen atoms in total. The number of hydrogen-bond acceptors (Lipinski definition) is 4.